The van der Waals surface area contributed by atoms with E-state index in [-0.39, 0.29) is 24.1 Å². The van der Waals surface area contributed by atoms with Crippen LogP contribution in [-0.2, 0) is 4.79 Å². The number of ether oxygens (including phenoxy) is 1. The van der Waals surface area contributed by atoms with Gasteiger partial charge in [0.05, 0.1) is 4.92 Å². The van der Waals surface area contributed by atoms with Crippen molar-refractivity contribution in [3.05, 3.63) is 32.8 Å². The topological polar surface area (TPSA) is 107 Å². The molecule has 1 atom stereocenters. The monoisotopic (exact) mass is 343 g/mol. The van der Waals surface area contributed by atoms with Gasteiger partial charge in [0.25, 0.3) is 0 Å². The Morgan fingerprint density at radius 1 is 1.60 bits per heavy atom. The smallest absolute Gasteiger partial charge is 0.312 e. The first kappa shape index (κ1) is 14.7. The summed E-state index contributed by atoms with van der Waals surface area (Å²) >= 11 is 3.16. The zero-order chi connectivity index (χ0) is 14.7. The van der Waals surface area contributed by atoms with Crippen molar-refractivity contribution >= 4 is 27.5 Å². The molecule has 1 saturated carbocycles. The number of nitro benzene ring substituents is 1. The number of nitrogens with one attached hydrogen (secondary N) is 1. The van der Waals surface area contributed by atoms with E-state index < -0.39 is 16.9 Å². The van der Waals surface area contributed by atoms with Crippen LogP contribution in [0, 0.1) is 10.1 Å². The zero-order valence-electron chi connectivity index (χ0n) is 10.5. The van der Waals surface area contributed by atoms with Crippen LogP contribution >= 0.6 is 15.9 Å². The maximum Gasteiger partial charge on any atom is 0.312 e. The van der Waals surface area contributed by atoms with Gasteiger partial charge in [-0.05, 0) is 25.0 Å². The summed E-state index contributed by atoms with van der Waals surface area (Å²) in [5.74, 6) is -0.418. The third-order valence-electron chi connectivity index (χ3n) is 2.88. The van der Waals surface area contributed by atoms with E-state index in [1.165, 1.54) is 12.1 Å². The van der Waals surface area contributed by atoms with Crippen molar-refractivity contribution in [2.45, 2.75) is 24.9 Å². The highest BCUT2D eigenvalue weighted by molar-refractivity contribution is 9.10. The van der Waals surface area contributed by atoms with E-state index in [4.69, 9.17) is 10.5 Å². The second kappa shape index (κ2) is 6.19. The number of hydrogen-bond donors (Lipinski definition) is 2. The summed E-state index contributed by atoms with van der Waals surface area (Å²) in [5, 5.41) is 14.0. The van der Waals surface area contributed by atoms with Gasteiger partial charge in [-0.25, -0.2) is 0 Å². The van der Waals surface area contributed by atoms with Crippen molar-refractivity contribution < 1.29 is 14.5 Å². The fourth-order valence-corrected chi connectivity index (χ4v) is 2.02. The first-order valence-corrected chi connectivity index (χ1v) is 6.89. The van der Waals surface area contributed by atoms with E-state index in [1.54, 1.807) is 6.07 Å². The van der Waals surface area contributed by atoms with E-state index in [9.17, 15) is 14.9 Å². The quantitative estimate of drug-likeness (QED) is 0.573. The second-order valence-corrected chi connectivity index (χ2v) is 5.49. The molecule has 1 fully saturated rings. The Hall–Kier alpha value is -1.67. The first-order valence-electron chi connectivity index (χ1n) is 6.09. The van der Waals surface area contributed by atoms with E-state index in [2.05, 4.69) is 21.2 Å². The Labute approximate surface area is 123 Å². The van der Waals surface area contributed by atoms with Crippen LogP contribution < -0.4 is 15.8 Å². The van der Waals surface area contributed by atoms with Crippen LogP contribution in [0.2, 0.25) is 0 Å². The number of primary amides is 1. The molecule has 0 spiro atoms. The molecule has 2 rings (SSSR count). The molecule has 20 heavy (non-hydrogen) atoms. The van der Waals surface area contributed by atoms with Crippen molar-refractivity contribution in [3.63, 3.8) is 0 Å². The fraction of sp³-hybridized carbons (Fsp3) is 0.417. The lowest BCUT2D eigenvalue weighted by Gasteiger charge is -2.15. The molecular weight excluding hydrogens is 330 g/mol. The van der Waals surface area contributed by atoms with Crippen molar-refractivity contribution in [1.29, 1.82) is 0 Å². The molecule has 0 aliphatic heterocycles. The Morgan fingerprint density at radius 2 is 2.30 bits per heavy atom. The number of nitrogens with two attached hydrogens (primary N) is 1. The molecule has 3 N–H and O–H groups in total. The number of benzene rings is 1. The van der Waals surface area contributed by atoms with Gasteiger partial charge in [0.2, 0.25) is 5.91 Å². The molecular formula is C12H14BrN3O4. The summed E-state index contributed by atoms with van der Waals surface area (Å²) in [6, 6.07) is 4.11. The number of carbonyl (C=O) groups is 1. The minimum Gasteiger partial charge on any atom is -0.485 e. The molecule has 0 bridgehead atoms. The van der Waals surface area contributed by atoms with Crippen LogP contribution in [0.5, 0.6) is 5.75 Å². The third kappa shape index (κ3) is 3.91. The number of halogens is 1. The molecule has 8 heteroatoms. The van der Waals surface area contributed by atoms with Crippen molar-refractivity contribution in [3.8, 4) is 5.75 Å². The normalized spacial score (nSPS) is 15.7. The summed E-state index contributed by atoms with van der Waals surface area (Å²) in [6.45, 7) is -0.0334. The molecule has 0 aromatic heterocycles. The number of hydrogen-bond acceptors (Lipinski definition) is 5. The van der Waals surface area contributed by atoms with Gasteiger partial charge in [-0.15, -0.1) is 0 Å². The van der Waals surface area contributed by atoms with E-state index in [1.807, 2.05) is 0 Å². The second-order valence-electron chi connectivity index (χ2n) is 4.58. The molecule has 1 aliphatic carbocycles. The summed E-state index contributed by atoms with van der Waals surface area (Å²) in [6.07, 6.45) is 2.00. The van der Waals surface area contributed by atoms with Crippen LogP contribution in [0.1, 0.15) is 12.8 Å². The molecule has 1 aromatic carbocycles. The number of rotatable bonds is 7. The first-order chi connectivity index (χ1) is 9.47. The Bertz CT molecular complexity index is 533. The van der Waals surface area contributed by atoms with Gasteiger partial charge in [-0.2, -0.15) is 0 Å². The Kier molecular flexibility index (Phi) is 4.56. The largest absolute Gasteiger partial charge is 0.485 e. The molecule has 7 nitrogen and oxygen atoms in total. The molecule has 1 unspecified atom stereocenters. The highest BCUT2D eigenvalue weighted by Gasteiger charge is 2.28. The molecule has 1 aromatic rings. The van der Waals surface area contributed by atoms with Crippen LogP contribution in [0.4, 0.5) is 5.69 Å². The SMILES string of the molecule is NC(=O)C(COc1ccc(Br)cc1[N+](=O)[O-])NC1CC1. The fourth-order valence-electron chi connectivity index (χ4n) is 1.68. The van der Waals surface area contributed by atoms with E-state index >= 15 is 0 Å². The molecule has 1 aliphatic rings. The number of nitrogens with zero attached hydrogens (tertiary/aromatic N) is 1. The Morgan fingerprint density at radius 3 is 2.85 bits per heavy atom. The van der Waals surface area contributed by atoms with Crippen LogP contribution in [0.3, 0.4) is 0 Å². The standard InChI is InChI=1S/C12H14BrN3O4/c13-7-1-4-11(10(5-7)16(18)19)20-6-9(12(14)17)15-8-2-3-8/h1,4-5,8-9,15H,2-3,6H2,(H2,14,17). The van der Waals surface area contributed by atoms with Crippen molar-refractivity contribution in [2.24, 2.45) is 5.73 Å². The lowest BCUT2D eigenvalue weighted by Crippen LogP contribution is -2.46. The number of nitro groups is 1. The van der Waals surface area contributed by atoms with Crippen LogP contribution in [-0.4, -0.2) is 29.5 Å². The predicted molar refractivity (Wildman–Crippen MR) is 75.4 cm³/mol. The maximum atomic E-state index is 11.3. The number of amides is 1. The van der Waals surface area contributed by atoms with Crippen LogP contribution in [0.25, 0.3) is 0 Å². The summed E-state index contributed by atoms with van der Waals surface area (Å²) in [7, 11) is 0. The van der Waals surface area contributed by atoms with Crippen molar-refractivity contribution in [2.75, 3.05) is 6.61 Å². The lowest BCUT2D eigenvalue weighted by atomic mass is 10.2. The van der Waals surface area contributed by atoms with Gasteiger partial charge >= 0.3 is 5.69 Å². The average molecular weight is 344 g/mol. The highest BCUT2D eigenvalue weighted by atomic mass is 79.9. The summed E-state index contributed by atoms with van der Waals surface area (Å²) < 4.78 is 5.96. The minimum atomic E-state index is -0.647. The van der Waals surface area contributed by atoms with Gasteiger partial charge in [-0.3, -0.25) is 14.9 Å². The lowest BCUT2D eigenvalue weighted by molar-refractivity contribution is -0.386. The van der Waals surface area contributed by atoms with Crippen LogP contribution in [0.15, 0.2) is 22.7 Å². The van der Waals surface area contributed by atoms with Gasteiger partial charge < -0.3 is 15.8 Å². The number of carbonyl (C=O) groups excluding carboxylic acids is 1. The predicted octanol–water partition coefficient (Wildman–Crippen LogP) is 1.34. The van der Waals surface area contributed by atoms with Gasteiger partial charge in [-0.1, -0.05) is 15.9 Å². The van der Waals surface area contributed by atoms with Gasteiger partial charge in [0, 0.05) is 16.6 Å². The maximum absolute atomic E-state index is 11.3. The highest BCUT2D eigenvalue weighted by Crippen LogP contribution is 2.30. The molecule has 0 radical (unpaired) electrons. The average Bonchev–Trinajstić information content (AvgIpc) is 3.19. The van der Waals surface area contributed by atoms with Gasteiger partial charge in [0.15, 0.2) is 5.75 Å². The van der Waals surface area contributed by atoms with E-state index in [0.29, 0.717) is 4.47 Å². The van der Waals surface area contributed by atoms with Gasteiger partial charge in [0.1, 0.15) is 12.6 Å². The summed E-state index contributed by atoms with van der Waals surface area (Å²) in [5.41, 5.74) is 5.12. The summed E-state index contributed by atoms with van der Waals surface area (Å²) in [4.78, 5) is 21.7. The molecule has 108 valence electrons. The molecule has 0 heterocycles. The zero-order valence-corrected chi connectivity index (χ0v) is 12.1. The van der Waals surface area contributed by atoms with Crippen molar-refractivity contribution in [1.82, 2.24) is 5.32 Å². The van der Waals surface area contributed by atoms with E-state index in [0.717, 1.165) is 12.8 Å². The minimum absolute atomic E-state index is 0.0334. The third-order valence-corrected chi connectivity index (χ3v) is 3.37. The molecule has 0 saturated heterocycles. The Balaban J connectivity index is 2.04. The molecule has 1 amide bonds.